The highest BCUT2D eigenvalue weighted by molar-refractivity contribution is 4.82. The van der Waals surface area contributed by atoms with Crippen LogP contribution in [-0.4, -0.2) is 0 Å². The second-order valence-corrected chi connectivity index (χ2v) is 9.31. The van der Waals surface area contributed by atoms with Crippen LogP contribution in [0.5, 0.6) is 0 Å². The Morgan fingerprint density at radius 1 is 0.826 bits per heavy atom. The Morgan fingerprint density at radius 3 is 2.17 bits per heavy atom. The highest BCUT2D eigenvalue weighted by atomic mass is 14.4. The molecule has 0 nitrogen and oxygen atoms in total. The largest absolute Gasteiger partial charge is 0.0651 e. The summed E-state index contributed by atoms with van der Waals surface area (Å²) in [5.74, 6) is 5.72. The number of rotatable bonds is 11. The maximum Gasteiger partial charge on any atom is -0.0358 e. The topological polar surface area (TPSA) is 0 Å². The van der Waals surface area contributed by atoms with Crippen LogP contribution >= 0.6 is 0 Å². The Kier molecular flexibility index (Phi) is 10.6. The summed E-state index contributed by atoms with van der Waals surface area (Å²) in [6.07, 6.45) is 16.2. The molecule has 0 radical (unpaired) electrons. The summed E-state index contributed by atoms with van der Waals surface area (Å²) in [6, 6.07) is 0. The van der Waals surface area contributed by atoms with Gasteiger partial charge in [0.1, 0.15) is 0 Å². The van der Waals surface area contributed by atoms with Gasteiger partial charge >= 0.3 is 0 Å². The molecule has 0 aromatic rings. The molecule has 0 amide bonds. The lowest BCUT2D eigenvalue weighted by atomic mass is 9.67. The van der Waals surface area contributed by atoms with E-state index in [9.17, 15) is 0 Å². The molecule has 5 atom stereocenters. The van der Waals surface area contributed by atoms with Crippen molar-refractivity contribution in [2.24, 2.45) is 35.5 Å². The Hall–Kier alpha value is 0. The van der Waals surface area contributed by atoms with Crippen LogP contribution in [-0.2, 0) is 0 Å². The maximum atomic E-state index is 2.58. The summed E-state index contributed by atoms with van der Waals surface area (Å²) in [5, 5.41) is 0. The van der Waals surface area contributed by atoms with Crippen LogP contribution in [0.15, 0.2) is 0 Å². The fourth-order valence-corrected chi connectivity index (χ4v) is 4.67. The van der Waals surface area contributed by atoms with E-state index in [-0.39, 0.29) is 0 Å². The monoisotopic (exact) mass is 322 g/mol. The third-order valence-electron chi connectivity index (χ3n) is 6.96. The van der Waals surface area contributed by atoms with E-state index in [1.54, 1.807) is 0 Å². The molecule has 138 valence electrons. The number of hydrogen-bond donors (Lipinski definition) is 0. The molecule has 0 spiro atoms. The van der Waals surface area contributed by atoms with Crippen LogP contribution in [0.2, 0.25) is 0 Å². The molecule has 0 aromatic carbocycles. The predicted octanol–water partition coefficient (Wildman–Crippen LogP) is 8.11. The summed E-state index contributed by atoms with van der Waals surface area (Å²) >= 11 is 0. The van der Waals surface area contributed by atoms with Gasteiger partial charge in [0, 0.05) is 0 Å². The lowest BCUT2D eigenvalue weighted by Gasteiger charge is -2.39. The molecule has 0 bridgehead atoms. The molecule has 0 N–H and O–H groups in total. The minimum absolute atomic E-state index is 0.868. The van der Waals surface area contributed by atoms with Gasteiger partial charge in [-0.05, 0) is 41.9 Å². The SMILES string of the molecule is CCC(C)CCCCC1CCCCC1C(C)C(C)CCC(C)C. The summed E-state index contributed by atoms with van der Waals surface area (Å²) in [5.41, 5.74) is 0. The van der Waals surface area contributed by atoms with Gasteiger partial charge in [-0.2, -0.15) is 0 Å². The van der Waals surface area contributed by atoms with Gasteiger partial charge in [0.2, 0.25) is 0 Å². The normalized spacial score (nSPS) is 26.2. The van der Waals surface area contributed by atoms with Gasteiger partial charge in [-0.3, -0.25) is 0 Å². The van der Waals surface area contributed by atoms with Crippen LogP contribution < -0.4 is 0 Å². The van der Waals surface area contributed by atoms with Gasteiger partial charge in [-0.15, -0.1) is 0 Å². The minimum Gasteiger partial charge on any atom is -0.0651 e. The Bertz CT molecular complexity index is 280. The van der Waals surface area contributed by atoms with E-state index in [1.165, 1.54) is 70.6 Å². The molecule has 0 aromatic heterocycles. The van der Waals surface area contributed by atoms with Crippen molar-refractivity contribution in [3.8, 4) is 0 Å². The molecule has 0 heteroatoms. The van der Waals surface area contributed by atoms with E-state index in [4.69, 9.17) is 0 Å². The fourth-order valence-electron chi connectivity index (χ4n) is 4.67. The quantitative estimate of drug-likeness (QED) is 0.337. The first kappa shape index (κ1) is 21.0. The second kappa shape index (κ2) is 11.5. The van der Waals surface area contributed by atoms with E-state index in [0.717, 1.165) is 35.5 Å². The first-order valence-electron chi connectivity index (χ1n) is 11.0. The second-order valence-electron chi connectivity index (χ2n) is 9.31. The Labute approximate surface area is 148 Å². The third-order valence-corrected chi connectivity index (χ3v) is 6.96. The van der Waals surface area contributed by atoms with Crippen molar-refractivity contribution in [3.63, 3.8) is 0 Å². The number of unbranched alkanes of at least 4 members (excludes halogenated alkanes) is 1. The third kappa shape index (κ3) is 8.08. The molecule has 1 saturated carbocycles. The summed E-state index contributed by atoms with van der Waals surface area (Å²) in [4.78, 5) is 0. The smallest absolute Gasteiger partial charge is 0.0358 e. The summed E-state index contributed by atoms with van der Waals surface area (Å²) in [6.45, 7) is 14.6. The molecule has 1 rings (SSSR count). The molecule has 0 saturated heterocycles. The average molecular weight is 323 g/mol. The summed E-state index contributed by atoms with van der Waals surface area (Å²) in [7, 11) is 0. The zero-order chi connectivity index (χ0) is 17.2. The van der Waals surface area contributed by atoms with Crippen molar-refractivity contribution < 1.29 is 0 Å². The highest BCUT2D eigenvalue weighted by Gasteiger charge is 2.31. The summed E-state index contributed by atoms with van der Waals surface area (Å²) < 4.78 is 0. The molecule has 1 aliphatic rings. The molecule has 5 unspecified atom stereocenters. The van der Waals surface area contributed by atoms with Crippen molar-refractivity contribution in [3.05, 3.63) is 0 Å². The first-order chi connectivity index (χ1) is 11.0. The highest BCUT2D eigenvalue weighted by Crippen LogP contribution is 2.41. The average Bonchev–Trinajstić information content (AvgIpc) is 2.55. The lowest BCUT2D eigenvalue weighted by molar-refractivity contribution is 0.117. The molecule has 1 aliphatic carbocycles. The van der Waals surface area contributed by atoms with Gasteiger partial charge < -0.3 is 0 Å². The Morgan fingerprint density at radius 2 is 1.52 bits per heavy atom. The van der Waals surface area contributed by atoms with Crippen molar-refractivity contribution in [2.75, 3.05) is 0 Å². The van der Waals surface area contributed by atoms with Gasteiger partial charge in [0.05, 0.1) is 0 Å². The van der Waals surface area contributed by atoms with Crippen LogP contribution in [0, 0.1) is 35.5 Å². The lowest BCUT2D eigenvalue weighted by Crippen LogP contribution is -2.29. The van der Waals surface area contributed by atoms with Crippen molar-refractivity contribution in [1.82, 2.24) is 0 Å². The van der Waals surface area contributed by atoms with E-state index in [1.807, 2.05) is 0 Å². The van der Waals surface area contributed by atoms with E-state index >= 15 is 0 Å². The molecular weight excluding hydrogens is 276 g/mol. The van der Waals surface area contributed by atoms with Crippen molar-refractivity contribution in [1.29, 1.82) is 0 Å². The van der Waals surface area contributed by atoms with Gasteiger partial charge in [0.25, 0.3) is 0 Å². The molecule has 0 heterocycles. The van der Waals surface area contributed by atoms with Crippen LogP contribution in [0.1, 0.15) is 112 Å². The zero-order valence-corrected chi connectivity index (χ0v) is 17.2. The van der Waals surface area contributed by atoms with Gasteiger partial charge in [-0.1, -0.05) is 106 Å². The maximum absolute atomic E-state index is 2.58. The van der Waals surface area contributed by atoms with Crippen LogP contribution in [0.4, 0.5) is 0 Å². The zero-order valence-electron chi connectivity index (χ0n) is 17.2. The molecular formula is C23H46. The number of hydrogen-bond acceptors (Lipinski definition) is 0. The predicted molar refractivity (Wildman–Crippen MR) is 106 cm³/mol. The molecule has 23 heavy (non-hydrogen) atoms. The van der Waals surface area contributed by atoms with Crippen LogP contribution in [0.25, 0.3) is 0 Å². The fraction of sp³-hybridized carbons (Fsp3) is 1.00. The standard InChI is InChI=1S/C23H46/c1-7-19(4)12-8-9-13-22-14-10-11-15-23(22)21(6)20(5)17-16-18(2)3/h18-23H,7-17H2,1-6H3. The first-order valence-corrected chi connectivity index (χ1v) is 11.0. The van der Waals surface area contributed by atoms with Gasteiger partial charge in [-0.25, -0.2) is 0 Å². The minimum atomic E-state index is 0.868. The van der Waals surface area contributed by atoms with Crippen molar-refractivity contribution >= 4 is 0 Å². The molecule has 1 fully saturated rings. The Balaban J connectivity index is 2.40. The van der Waals surface area contributed by atoms with E-state index < -0.39 is 0 Å². The van der Waals surface area contributed by atoms with Gasteiger partial charge in [0.15, 0.2) is 0 Å². The van der Waals surface area contributed by atoms with E-state index in [2.05, 4.69) is 41.5 Å². The van der Waals surface area contributed by atoms with E-state index in [0.29, 0.717) is 0 Å². The molecule has 0 aliphatic heterocycles. The van der Waals surface area contributed by atoms with Crippen LogP contribution in [0.3, 0.4) is 0 Å². The van der Waals surface area contributed by atoms with Crippen molar-refractivity contribution in [2.45, 2.75) is 112 Å².